The summed E-state index contributed by atoms with van der Waals surface area (Å²) < 4.78 is 0. The third-order valence-corrected chi connectivity index (χ3v) is 8.01. The Hall–Kier alpha value is 0.130. The fourth-order valence-corrected chi connectivity index (χ4v) is 5.40. The second-order valence-corrected chi connectivity index (χ2v) is 8.42. The van der Waals surface area contributed by atoms with Gasteiger partial charge in [-0.1, -0.05) is 32.4 Å². The van der Waals surface area contributed by atoms with Gasteiger partial charge in [0.2, 0.25) is 0 Å². The van der Waals surface area contributed by atoms with Crippen molar-refractivity contribution in [1.82, 2.24) is 0 Å². The van der Waals surface area contributed by atoms with Gasteiger partial charge in [0.05, 0.1) is 0 Å². The standard InChI is InChI=1S/C15H28B2/c1-4-13(2,3)15(16,17)12-9-10-5-7-14(10)8-6-11(12)14/h10-12H,4-9,16-17H2,1-3H3. The van der Waals surface area contributed by atoms with E-state index < -0.39 is 0 Å². The Morgan fingerprint density at radius 2 is 1.82 bits per heavy atom. The third kappa shape index (κ3) is 1.28. The lowest BCUT2D eigenvalue weighted by Crippen LogP contribution is -2.50. The van der Waals surface area contributed by atoms with Crippen molar-refractivity contribution in [3.05, 3.63) is 0 Å². The first kappa shape index (κ1) is 12.2. The zero-order valence-electron chi connectivity index (χ0n) is 12.5. The maximum absolute atomic E-state index is 2.57. The Balaban J connectivity index is 1.86. The SMILES string of the molecule is BC(B)(C1CC2CCC23CCC13)C(C)(C)CC. The Labute approximate surface area is 109 Å². The molecule has 3 saturated carbocycles. The quantitative estimate of drug-likeness (QED) is 0.653. The van der Waals surface area contributed by atoms with Crippen molar-refractivity contribution in [3.63, 3.8) is 0 Å². The molecule has 3 aliphatic rings. The van der Waals surface area contributed by atoms with Gasteiger partial charge in [-0.3, -0.25) is 0 Å². The largest absolute Gasteiger partial charge is 0.100 e. The fourth-order valence-electron chi connectivity index (χ4n) is 5.40. The van der Waals surface area contributed by atoms with E-state index in [0.29, 0.717) is 10.6 Å². The molecule has 3 fully saturated rings. The van der Waals surface area contributed by atoms with Crippen LogP contribution in [0.4, 0.5) is 0 Å². The maximum atomic E-state index is 2.57. The molecule has 0 bridgehead atoms. The Morgan fingerprint density at radius 3 is 2.18 bits per heavy atom. The minimum Gasteiger partial charge on any atom is -0.0766 e. The normalized spacial score (nSPS) is 44.5. The highest BCUT2D eigenvalue weighted by molar-refractivity contribution is 6.40. The lowest BCUT2D eigenvalue weighted by molar-refractivity contribution is -0.0764. The highest BCUT2D eigenvalue weighted by Gasteiger charge is 2.67. The Kier molecular flexibility index (Phi) is 2.41. The summed E-state index contributed by atoms with van der Waals surface area (Å²) in [5.74, 6) is 3.24. The van der Waals surface area contributed by atoms with E-state index in [-0.39, 0.29) is 0 Å². The van der Waals surface area contributed by atoms with Crippen molar-refractivity contribution < 1.29 is 0 Å². The van der Waals surface area contributed by atoms with Crippen molar-refractivity contribution >= 4 is 15.7 Å². The molecular weight excluding hydrogens is 202 g/mol. The van der Waals surface area contributed by atoms with Crippen molar-refractivity contribution in [2.75, 3.05) is 0 Å². The highest BCUT2D eigenvalue weighted by atomic mass is 14.7. The molecule has 0 heterocycles. The number of hydrogen-bond donors (Lipinski definition) is 0. The van der Waals surface area contributed by atoms with Crippen LogP contribution in [-0.2, 0) is 0 Å². The predicted molar refractivity (Wildman–Crippen MR) is 79.8 cm³/mol. The van der Waals surface area contributed by atoms with Crippen LogP contribution in [0.1, 0.15) is 59.3 Å². The van der Waals surface area contributed by atoms with Gasteiger partial charge in [-0.25, -0.2) is 0 Å². The molecular formula is C15H28B2. The van der Waals surface area contributed by atoms with Gasteiger partial charge in [-0.15, -0.1) is 0 Å². The smallest absolute Gasteiger partial charge is 0.0766 e. The molecule has 3 aliphatic carbocycles. The summed E-state index contributed by atoms with van der Waals surface area (Å²) in [7, 11) is 5.13. The summed E-state index contributed by atoms with van der Waals surface area (Å²) in [5, 5.41) is 0.525. The molecule has 0 amide bonds. The summed E-state index contributed by atoms with van der Waals surface area (Å²) in [4.78, 5) is 0. The van der Waals surface area contributed by atoms with Crippen molar-refractivity contribution in [2.24, 2.45) is 28.6 Å². The molecule has 4 unspecified atom stereocenters. The van der Waals surface area contributed by atoms with Gasteiger partial charge in [0.25, 0.3) is 0 Å². The molecule has 17 heavy (non-hydrogen) atoms. The van der Waals surface area contributed by atoms with E-state index in [1.807, 2.05) is 0 Å². The summed E-state index contributed by atoms with van der Waals surface area (Å²) in [6, 6.07) is 0. The van der Waals surface area contributed by atoms with Crippen LogP contribution in [-0.4, -0.2) is 15.7 Å². The van der Waals surface area contributed by atoms with E-state index in [4.69, 9.17) is 0 Å². The lowest BCUT2D eigenvalue weighted by Gasteiger charge is -2.59. The van der Waals surface area contributed by atoms with Crippen LogP contribution in [0.3, 0.4) is 0 Å². The summed E-state index contributed by atoms with van der Waals surface area (Å²) in [6.07, 6.45) is 9.12. The first-order chi connectivity index (χ1) is 7.85. The van der Waals surface area contributed by atoms with Gasteiger partial charge in [-0.05, 0) is 60.7 Å². The van der Waals surface area contributed by atoms with Gasteiger partial charge in [-0.2, -0.15) is 0 Å². The van der Waals surface area contributed by atoms with E-state index in [0.717, 1.165) is 23.2 Å². The minimum atomic E-state index is 0.498. The van der Waals surface area contributed by atoms with Crippen LogP contribution >= 0.6 is 0 Å². The number of hydrogen-bond acceptors (Lipinski definition) is 0. The zero-order valence-corrected chi connectivity index (χ0v) is 12.5. The minimum absolute atomic E-state index is 0.498. The first-order valence-electron chi connectivity index (χ1n) is 7.85. The van der Waals surface area contributed by atoms with Crippen LogP contribution in [0.15, 0.2) is 0 Å². The Morgan fingerprint density at radius 1 is 1.18 bits per heavy atom. The van der Waals surface area contributed by atoms with Crippen molar-refractivity contribution in [2.45, 2.75) is 64.5 Å². The fraction of sp³-hybridized carbons (Fsp3) is 1.00. The monoisotopic (exact) mass is 230 g/mol. The molecule has 0 aromatic carbocycles. The molecule has 4 atom stereocenters. The summed E-state index contributed by atoms with van der Waals surface area (Å²) in [5.41, 5.74) is 1.37. The highest BCUT2D eigenvalue weighted by Crippen LogP contribution is 2.76. The zero-order chi connectivity index (χ0) is 12.5. The number of rotatable bonds is 3. The van der Waals surface area contributed by atoms with E-state index in [1.165, 1.54) is 6.42 Å². The molecule has 0 saturated heterocycles. The Bertz CT molecular complexity index is 330. The predicted octanol–water partition coefficient (Wildman–Crippen LogP) is 2.63. The summed E-state index contributed by atoms with van der Waals surface area (Å²) in [6.45, 7) is 7.37. The van der Waals surface area contributed by atoms with Gasteiger partial charge in [0, 0.05) is 0 Å². The molecule has 0 aliphatic heterocycles. The van der Waals surface area contributed by atoms with E-state index in [1.54, 1.807) is 32.1 Å². The van der Waals surface area contributed by atoms with Crippen LogP contribution in [0.5, 0.6) is 0 Å². The second kappa shape index (κ2) is 3.36. The second-order valence-electron chi connectivity index (χ2n) is 8.42. The molecule has 3 rings (SSSR count). The van der Waals surface area contributed by atoms with Gasteiger partial charge < -0.3 is 0 Å². The van der Waals surface area contributed by atoms with E-state index >= 15 is 0 Å². The molecule has 0 nitrogen and oxygen atoms in total. The molecule has 2 heteroatoms. The molecule has 0 aromatic rings. The third-order valence-electron chi connectivity index (χ3n) is 8.01. The van der Waals surface area contributed by atoms with E-state index in [2.05, 4.69) is 36.5 Å². The molecule has 94 valence electrons. The van der Waals surface area contributed by atoms with Gasteiger partial charge in [0.15, 0.2) is 0 Å². The maximum Gasteiger partial charge on any atom is 0.100 e. The van der Waals surface area contributed by atoms with Crippen LogP contribution in [0.25, 0.3) is 0 Å². The van der Waals surface area contributed by atoms with Crippen molar-refractivity contribution in [3.8, 4) is 0 Å². The molecule has 0 radical (unpaired) electrons. The van der Waals surface area contributed by atoms with Crippen LogP contribution < -0.4 is 0 Å². The van der Waals surface area contributed by atoms with Crippen LogP contribution in [0.2, 0.25) is 5.21 Å². The first-order valence-corrected chi connectivity index (χ1v) is 7.85. The van der Waals surface area contributed by atoms with Crippen LogP contribution in [0, 0.1) is 28.6 Å². The summed E-state index contributed by atoms with van der Waals surface area (Å²) >= 11 is 0. The average Bonchev–Trinajstić information content (AvgIpc) is 2.33. The average molecular weight is 230 g/mol. The lowest BCUT2D eigenvalue weighted by atomic mass is 9.35. The van der Waals surface area contributed by atoms with Gasteiger partial charge in [0.1, 0.15) is 15.7 Å². The topological polar surface area (TPSA) is 0 Å². The van der Waals surface area contributed by atoms with Crippen molar-refractivity contribution in [1.29, 1.82) is 0 Å². The van der Waals surface area contributed by atoms with E-state index in [9.17, 15) is 0 Å². The molecule has 0 N–H and O–H groups in total. The molecule has 0 aromatic heterocycles. The van der Waals surface area contributed by atoms with Gasteiger partial charge >= 0.3 is 0 Å². The molecule has 1 spiro atoms.